The van der Waals surface area contributed by atoms with Gasteiger partial charge in [0.05, 0.1) is 13.2 Å². The van der Waals surface area contributed by atoms with Gasteiger partial charge in [-0.1, -0.05) is 6.07 Å². The Bertz CT molecular complexity index is 243. The fraction of sp³-hybridized carbons (Fsp3) is 0.400. The molecule has 0 saturated carbocycles. The minimum absolute atomic E-state index is 0.168. The van der Waals surface area contributed by atoms with E-state index in [4.69, 9.17) is 9.47 Å². The van der Waals surface area contributed by atoms with Gasteiger partial charge in [-0.3, -0.25) is 0 Å². The average molecular weight is 165 g/mol. The van der Waals surface area contributed by atoms with Gasteiger partial charge in [-0.15, -0.1) is 0 Å². The number of benzene rings is 1. The molecule has 2 nitrogen and oxygen atoms in total. The molecule has 0 aromatic heterocycles. The zero-order valence-electron chi connectivity index (χ0n) is 7.63. The first-order valence-electron chi connectivity index (χ1n) is 3.94. The van der Waals surface area contributed by atoms with Gasteiger partial charge >= 0.3 is 0 Å². The van der Waals surface area contributed by atoms with Crippen molar-refractivity contribution in [2.45, 2.75) is 20.0 Å². The minimum Gasteiger partial charge on any atom is -0.493 e. The Morgan fingerprint density at radius 3 is 2.67 bits per heavy atom. The smallest absolute Gasteiger partial charge is 0.161 e. The summed E-state index contributed by atoms with van der Waals surface area (Å²) in [6, 6.07) is 8.33. The molecule has 2 heteroatoms. The van der Waals surface area contributed by atoms with Crippen LogP contribution in [0.15, 0.2) is 18.2 Å². The van der Waals surface area contributed by atoms with E-state index in [1.54, 1.807) is 19.2 Å². The standard InChI is InChI=1S/C10H13O2/c1-8(2)12-10-7-5-4-6-9(10)11-3/h5-8H,1-3H3. The molecule has 0 N–H and O–H groups in total. The van der Waals surface area contributed by atoms with Crippen molar-refractivity contribution >= 4 is 0 Å². The quantitative estimate of drug-likeness (QED) is 0.684. The Morgan fingerprint density at radius 1 is 1.33 bits per heavy atom. The summed E-state index contributed by atoms with van der Waals surface area (Å²) in [5.74, 6) is 1.50. The number of hydrogen-bond acceptors (Lipinski definition) is 2. The average Bonchev–Trinajstić information content (AvgIpc) is 2.04. The van der Waals surface area contributed by atoms with Gasteiger partial charge in [0.15, 0.2) is 11.5 Å². The van der Waals surface area contributed by atoms with Crippen LogP contribution in [0.25, 0.3) is 0 Å². The maximum atomic E-state index is 5.49. The predicted molar refractivity (Wildman–Crippen MR) is 47.6 cm³/mol. The Morgan fingerprint density at radius 2 is 2.08 bits per heavy atom. The molecule has 65 valence electrons. The first kappa shape index (κ1) is 8.91. The second-order valence-corrected chi connectivity index (χ2v) is 2.74. The molecule has 1 rings (SSSR count). The molecule has 1 aromatic carbocycles. The summed E-state index contributed by atoms with van der Waals surface area (Å²) in [6.07, 6.45) is 0.168. The van der Waals surface area contributed by atoms with Gasteiger partial charge in [0.2, 0.25) is 0 Å². The van der Waals surface area contributed by atoms with Gasteiger partial charge in [0, 0.05) is 0 Å². The van der Waals surface area contributed by atoms with E-state index in [1.165, 1.54) is 0 Å². The second kappa shape index (κ2) is 4.00. The van der Waals surface area contributed by atoms with Crippen molar-refractivity contribution in [3.05, 3.63) is 24.3 Å². The SMILES string of the molecule is COc1c[c]ccc1OC(C)C. The van der Waals surface area contributed by atoms with E-state index in [2.05, 4.69) is 6.07 Å². The van der Waals surface area contributed by atoms with Crippen LogP contribution in [0.3, 0.4) is 0 Å². The maximum absolute atomic E-state index is 5.49. The highest BCUT2D eigenvalue weighted by Gasteiger charge is 2.03. The lowest BCUT2D eigenvalue weighted by atomic mass is 10.3. The molecule has 0 saturated heterocycles. The van der Waals surface area contributed by atoms with Crippen molar-refractivity contribution in [3.8, 4) is 11.5 Å². The van der Waals surface area contributed by atoms with Crippen molar-refractivity contribution < 1.29 is 9.47 Å². The number of ether oxygens (including phenoxy) is 2. The topological polar surface area (TPSA) is 18.5 Å². The van der Waals surface area contributed by atoms with Crippen LogP contribution in [-0.2, 0) is 0 Å². The summed E-state index contributed by atoms with van der Waals surface area (Å²) >= 11 is 0. The van der Waals surface area contributed by atoms with Gasteiger partial charge in [0.25, 0.3) is 0 Å². The van der Waals surface area contributed by atoms with E-state index < -0.39 is 0 Å². The first-order chi connectivity index (χ1) is 5.74. The van der Waals surface area contributed by atoms with Gasteiger partial charge in [-0.25, -0.2) is 0 Å². The second-order valence-electron chi connectivity index (χ2n) is 2.74. The lowest BCUT2D eigenvalue weighted by Gasteiger charge is -2.12. The summed E-state index contributed by atoms with van der Waals surface area (Å²) in [7, 11) is 1.62. The lowest BCUT2D eigenvalue weighted by Crippen LogP contribution is -2.06. The molecule has 1 radical (unpaired) electrons. The molecule has 0 aliphatic heterocycles. The highest BCUT2D eigenvalue weighted by atomic mass is 16.5. The highest BCUT2D eigenvalue weighted by molar-refractivity contribution is 5.38. The van der Waals surface area contributed by atoms with E-state index in [9.17, 15) is 0 Å². The van der Waals surface area contributed by atoms with Crippen molar-refractivity contribution in [1.82, 2.24) is 0 Å². The van der Waals surface area contributed by atoms with Crippen LogP contribution in [-0.4, -0.2) is 13.2 Å². The third-order valence-electron chi connectivity index (χ3n) is 1.37. The lowest BCUT2D eigenvalue weighted by molar-refractivity contribution is 0.230. The van der Waals surface area contributed by atoms with Crippen molar-refractivity contribution in [3.63, 3.8) is 0 Å². The normalized spacial score (nSPS) is 10.0. The molecule has 0 spiro atoms. The van der Waals surface area contributed by atoms with E-state index in [0.29, 0.717) is 0 Å². The minimum atomic E-state index is 0.168. The zero-order chi connectivity index (χ0) is 8.97. The summed E-state index contributed by atoms with van der Waals surface area (Å²) in [4.78, 5) is 0. The summed E-state index contributed by atoms with van der Waals surface area (Å²) in [5.41, 5.74) is 0. The molecule has 1 aromatic rings. The largest absolute Gasteiger partial charge is 0.493 e. The van der Waals surface area contributed by atoms with Crippen molar-refractivity contribution in [2.24, 2.45) is 0 Å². The molecule has 0 aliphatic rings. The Hall–Kier alpha value is -1.18. The van der Waals surface area contributed by atoms with Gasteiger partial charge in [-0.05, 0) is 32.0 Å². The van der Waals surface area contributed by atoms with Crippen LogP contribution in [0.2, 0.25) is 0 Å². The fourth-order valence-corrected chi connectivity index (χ4v) is 0.912. The highest BCUT2D eigenvalue weighted by Crippen LogP contribution is 2.26. The van der Waals surface area contributed by atoms with Crippen LogP contribution in [0, 0.1) is 6.07 Å². The van der Waals surface area contributed by atoms with E-state index in [1.807, 2.05) is 19.9 Å². The number of rotatable bonds is 3. The fourth-order valence-electron chi connectivity index (χ4n) is 0.912. The third-order valence-corrected chi connectivity index (χ3v) is 1.37. The molecule has 0 bridgehead atoms. The van der Waals surface area contributed by atoms with Gasteiger partial charge in [0.1, 0.15) is 0 Å². The Balaban J connectivity index is 2.82. The monoisotopic (exact) mass is 165 g/mol. The number of hydrogen-bond donors (Lipinski definition) is 0. The predicted octanol–water partition coefficient (Wildman–Crippen LogP) is 2.28. The van der Waals surface area contributed by atoms with Crippen molar-refractivity contribution in [1.29, 1.82) is 0 Å². The van der Waals surface area contributed by atoms with Crippen molar-refractivity contribution in [2.75, 3.05) is 7.11 Å². The molecule has 12 heavy (non-hydrogen) atoms. The summed E-state index contributed by atoms with van der Waals surface area (Å²) in [5, 5.41) is 0. The molecular weight excluding hydrogens is 152 g/mol. The maximum Gasteiger partial charge on any atom is 0.161 e. The molecule has 0 fully saturated rings. The Labute approximate surface area is 73.1 Å². The van der Waals surface area contributed by atoms with Gasteiger partial charge < -0.3 is 9.47 Å². The molecule has 0 atom stereocenters. The van der Waals surface area contributed by atoms with Crippen LogP contribution >= 0.6 is 0 Å². The summed E-state index contributed by atoms with van der Waals surface area (Å²) in [6.45, 7) is 3.96. The number of methoxy groups -OCH3 is 1. The van der Waals surface area contributed by atoms with E-state index >= 15 is 0 Å². The molecule has 0 amide bonds. The molecule has 0 unspecified atom stereocenters. The molecule has 0 heterocycles. The Kier molecular flexibility index (Phi) is 2.97. The van der Waals surface area contributed by atoms with Crippen LogP contribution < -0.4 is 9.47 Å². The zero-order valence-corrected chi connectivity index (χ0v) is 7.63. The van der Waals surface area contributed by atoms with Gasteiger partial charge in [-0.2, -0.15) is 0 Å². The van der Waals surface area contributed by atoms with Crippen LogP contribution in [0.5, 0.6) is 11.5 Å². The molecular formula is C10H13O2. The third kappa shape index (κ3) is 2.16. The first-order valence-corrected chi connectivity index (χ1v) is 3.94. The van der Waals surface area contributed by atoms with Crippen LogP contribution in [0.1, 0.15) is 13.8 Å². The summed E-state index contributed by atoms with van der Waals surface area (Å²) < 4.78 is 10.6. The van der Waals surface area contributed by atoms with E-state index in [-0.39, 0.29) is 6.10 Å². The van der Waals surface area contributed by atoms with Crippen LogP contribution in [0.4, 0.5) is 0 Å². The molecule has 0 aliphatic carbocycles. The van der Waals surface area contributed by atoms with E-state index in [0.717, 1.165) is 11.5 Å².